The SMILES string of the molecule is CNCC(C)(C)NCc1ccc(C)cc1. The zero-order valence-corrected chi connectivity index (χ0v) is 10.2. The summed E-state index contributed by atoms with van der Waals surface area (Å²) in [5.41, 5.74) is 2.79. The van der Waals surface area contributed by atoms with Crippen molar-refractivity contribution in [3.05, 3.63) is 35.4 Å². The fourth-order valence-corrected chi connectivity index (χ4v) is 1.55. The van der Waals surface area contributed by atoms with Crippen LogP contribution >= 0.6 is 0 Å². The van der Waals surface area contributed by atoms with Gasteiger partial charge in [-0.2, -0.15) is 0 Å². The first-order chi connectivity index (χ1) is 7.03. The Kier molecular flexibility index (Phi) is 4.30. The molecular formula is C13H22N2. The molecule has 1 aromatic rings. The minimum Gasteiger partial charge on any atom is -0.318 e. The molecular weight excluding hydrogens is 184 g/mol. The Labute approximate surface area is 93.1 Å². The van der Waals surface area contributed by atoms with Crippen LogP contribution in [-0.4, -0.2) is 19.1 Å². The standard InChI is InChI=1S/C13H22N2/c1-11-5-7-12(8-6-11)9-15-13(2,3)10-14-4/h5-8,14-15H,9-10H2,1-4H3. The molecule has 1 rings (SSSR count). The van der Waals surface area contributed by atoms with Gasteiger partial charge in [-0.3, -0.25) is 0 Å². The van der Waals surface area contributed by atoms with Gasteiger partial charge in [0.1, 0.15) is 0 Å². The van der Waals surface area contributed by atoms with Crippen molar-refractivity contribution in [2.24, 2.45) is 0 Å². The van der Waals surface area contributed by atoms with Gasteiger partial charge in [-0.15, -0.1) is 0 Å². The summed E-state index contributed by atoms with van der Waals surface area (Å²) in [4.78, 5) is 0. The summed E-state index contributed by atoms with van der Waals surface area (Å²) in [6, 6.07) is 8.67. The van der Waals surface area contributed by atoms with Crippen molar-refractivity contribution >= 4 is 0 Å². The summed E-state index contributed by atoms with van der Waals surface area (Å²) in [7, 11) is 1.98. The van der Waals surface area contributed by atoms with E-state index in [1.54, 1.807) is 0 Å². The Balaban J connectivity index is 2.46. The zero-order valence-electron chi connectivity index (χ0n) is 10.2. The highest BCUT2D eigenvalue weighted by atomic mass is 15.0. The number of nitrogens with one attached hydrogen (secondary N) is 2. The largest absolute Gasteiger partial charge is 0.318 e. The molecule has 84 valence electrons. The van der Waals surface area contributed by atoms with E-state index in [0.29, 0.717) is 0 Å². The van der Waals surface area contributed by atoms with E-state index in [0.717, 1.165) is 13.1 Å². The maximum atomic E-state index is 3.53. The van der Waals surface area contributed by atoms with Crippen LogP contribution in [0.1, 0.15) is 25.0 Å². The third-order valence-corrected chi connectivity index (χ3v) is 2.51. The van der Waals surface area contributed by atoms with Gasteiger partial charge in [-0.25, -0.2) is 0 Å². The summed E-state index contributed by atoms with van der Waals surface area (Å²) in [6.45, 7) is 8.42. The van der Waals surface area contributed by atoms with Crippen molar-refractivity contribution in [1.82, 2.24) is 10.6 Å². The van der Waals surface area contributed by atoms with Crippen LogP contribution in [0.15, 0.2) is 24.3 Å². The molecule has 0 saturated heterocycles. The highest BCUT2D eigenvalue weighted by molar-refractivity contribution is 5.21. The lowest BCUT2D eigenvalue weighted by molar-refractivity contribution is 0.374. The third kappa shape index (κ3) is 4.45. The summed E-state index contributed by atoms with van der Waals surface area (Å²) < 4.78 is 0. The van der Waals surface area contributed by atoms with E-state index in [2.05, 4.69) is 55.7 Å². The Bertz CT molecular complexity index is 288. The van der Waals surface area contributed by atoms with Crippen LogP contribution in [0, 0.1) is 6.92 Å². The van der Waals surface area contributed by atoms with Gasteiger partial charge in [0.05, 0.1) is 0 Å². The van der Waals surface area contributed by atoms with E-state index in [4.69, 9.17) is 0 Å². The molecule has 0 aromatic heterocycles. The molecule has 0 unspecified atom stereocenters. The van der Waals surface area contributed by atoms with Gasteiger partial charge in [0, 0.05) is 18.6 Å². The van der Waals surface area contributed by atoms with Gasteiger partial charge in [-0.05, 0) is 33.4 Å². The molecule has 0 bridgehead atoms. The predicted molar refractivity (Wildman–Crippen MR) is 66.0 cm³/mol. The monoisotopic (exact) mass is 206 g/mol. The molecule has 0 atom stereocenters. The Morgan fingerprint density at radius 2 is 1.73 bits per heavy atom. The number of aryl methyl sites for hydroxylation is 1. The van der Waals surface area contributed by atoms with Crippen LogP contribution in [0.25, 0.3) is 0 Å². The Hall–Kier alpha value is -0.860. The molecule has 0 heterocycles. The first-order valence-electron chi connectivity index (χ1n) is 5.49. The average molecular weight is 206 g/mol. The predicted octanol–water partition coefficient (Wildman–Crippen LogP) is 2.08. The van der Waals surface area contributed by atoms with E-state index in [1.807, 2.05) is 7.05 Å². The van der Waals surface area contributed by atoms with Crippen LogP contribution in [0.5, 0.6) is 0 Å². The fraction of sp³-hybridized carbons (Fsp3) is 0.538. The fourth-order valence-electron chi connectivity index (χ4n) is 1.55. The van der Waals surface area contributed by atoms with Crippen LogP contribution in [-0.2, 0) is 6.54 Å². The number of benzene rings is 1. The lowest BCUT2D eigenvalue weighted by Gasteiger charge is -2.26. The van der Waals surface area contributed by atoms with Crippen LogP contribution in [0.3, 0.4) is 0 Å². The van der Waals surface area contributed by atoms with E-state index >= 15 is 0 Å². The van der Waals surface area contributed by atoms with Crippen molar-refractivity contribution in [1.29, 1.82) is 0 Å². The molecule has 0 amide bonds. The molecule has 15 heavy (non-hydrogen) atoms. The normalized spacial score (nSPS) is 11.7. The van der Waals surface area contributed by atoms with Gasteiger partial charge in [0.15, 0.2) is 0 Å². The van der Waals surface area contributed by atoms with Crippen LogP contribution < -0.4 is 10.6 Å². The molecule has 0 aliphatic carbocycles. The Morgan fingerprint density at radius 1 is 1.13 bits per heavy atom. The van der Waals surface area contributed by atoms with Crippen molar-refractivity contribution in [2.75, 3.05) is 13.6 Å². The van der Waals surface area contributed by atoms with E-state index in [9.17, 15) is 0 Å². The second-order valence-electron chi connectivity index (χ2n) is 4.75. The maximum absolute atomic E-state index is 3.53. The molecule has 1 aromatic carbocycles. The third-order valence-electron chi connectivity index (χ3n) is 2.51. The van der Waals surface area contributed by atoms with Crippen LogP contribution in [0.4, 0.5) is 0 Å². The lowest BCUT2D eigenvalue weighted by atomic mass is 10.0. The Morgan fingerprint density at radius 3 is 2.27 bits per heavy atom. The first kappa shape index (κ1) is 12.2. The summed E-state index contributed by atoms with van der Waals surface area (Å²) in [5.74, 6) is 0. The molecule has 0 radical (unpaired) electrons. The highest BCUT2D eigenvalue weighted by Crippen LogP contribution is 2.06. The molecule has 0 saturated carbocycles. The van der Waals surface area contributed by atoms with E-state index in [1.165, 1.54) is 11.1 Å². The minimum atomic E-state index is 0.139. The van der Waals surface area contributed by atoms with Gasteiger partial charge < -0.3 is 10.6 Å². The van der Waals surface area contributed by atoms with E-state index < -0.39 is 0 Å². The highest BCUT2D eigenvalue weighted by Gasteiger charge is 2.14. The van der Waals surface area contributed by atoms with Crippen LogP contribution in [0.2, 0.25) is 0 Å². The van der Waals surface area contributed by atoms with Gasteiger partial charge in [0.25, 0.3) is 0 Å². The van der Waals surface area contributed by atoms with E-state index in [-0.39, 0.29) is 5.54 Å². The second-order valence-corrected chi connectivity index (χ2v) is 4.75. The number of likely N-dealkylation sites (N-methyl/N-ethyl adjacent to an activating group) is 1. The van der Waals surface area contributed by atoms with Gasteiger partial charge in [0.2, 0.25) is 0 Å². The molecule has 0 aliphatic rings. The first-order valence-corrected chi connectivity index (χ1v) is 5.49. The molecule has 0 fully saturated rings. The lowest BCUT2D eigenvalue weighted by Crippen LogP contribution is -2.46. The quantitative estimate of drug-likeness (QED) is 0.771. The zero-order chi connectivity index (χ0) is 11.3. The number of rotatable bonds is 5. The topological polar surface area (TPSA) is 24.1 Å². The average Bonchev–Trinajstić information content (AvgIpc) is 2.17. The second kappa shape index (κ2) is 5.29. The summed E-state index contributed by atoms with van der Waals surface area (Å²) in [5, 5.41) is 6.72. The molecule has 2 N–H and O–H groups in total. The van der Waals surface area contributed by atoms with Crippen molar-refractivity contribution in [3.63, 3.8) is 0 Å². The number of hydrogen-bond acceptors (Lipinski definition) is 2. The maximum Gasteiger partial charge on any atom is 0.0252 e. The van der Waals surface area contributed by atoms with Gasteiger partial charge >= 0.3 is 0 Å². The van der Waals surface area contributed by atoms with Crippen molar-refractivity contribution in [2.45, 2.75) is 32.9 Å². The van der Waals surface area contributed by atoms with Gasteiger partial charge in [-0.1, -0.05) is 29.8 Å². The molecule has 0 spiro atoms. The summed E-state index contributed by atoms with van der Waals surface area (Å²) >= 11 is 0. The van der Waals surface area contributed by atoms with Crippen molar-refractivity contribution < 1.29 is 0 Å². The number of hydrogen-bond donors (Lipinski definition) is 2. The smallest absolute Gasteiger partial charge is 0.0252 e. The molecule has 0 aliphatic heterocycles. The molecule has 2 heteroatoms. The summed E-state index contributed by atoms with van der Waals surface area (Å²) in [6.07, 6.45) is 0. The van der Waals surface area contributed by atoms with Crippen molar-refractivity contribution in [3.8, 4) is 0 Å². The minimum absolute atomic E-state index is 0.139. The molecule has 2 nitrogen and oxygen atoms in total.